The molecule has 0 saturated heterocycles. The average Bonchev–Trinajstić information content (AvgIpc) is 2.25. The second-order valence-corrected chi connectivity index (χ2v) is 4.11. The lowest BCUT2D eigenvalue weighted by Crippen LogP contribution is -2.17. The molecule has 1 atom stereocenters. The van der Waals surface area contributed by atoms with Gasteiger partial charge in [0.15, 0.2) is 0 Å². The zero-order valence-electron chi connectivity index (χ0n) is 10.3. The van der Waals surface area contributed by atoms with Crippen molar-refractivity contribution in [2.45, 2.75) is 33.2 Å². The molecule has 88 valence electrons. The molecule has 1 unspecified atom stereocenters. The van der Waals surface area contributed by atoms with Crippen molar-refractivity contribution in [3.63, 3.8) is 0 Å². The number of carbonyl (C=O) groups is 1. The molecule has 0 saturated carbocycles. The lowest BCUT2D eigenvalue weighted by molar-refractivity contribution is -0.141. The maximum absolute atomic E-state index is 11.2. The van der Waals surface area contributed by atoms with Gasteiger partial charge in [-0.3, -0.25) is 4.79 Å². The molecule has 1 aromatic rings. The normalized spacial score (nSPS) is 12.3. The Labute approximate surface area is 96.6 Å². The number of carbonyl (C=O) groups excluding carboxylic acids is 1. The predicted molar refractivity (Wildman–Crippen MR) is 64.2 cm³/mol. The Bertz CT molecular complexity index is 399. The number of methoxy groups -OCH3 is 1. The molecule has 3 heteroatoms. The first-order chi connectivity index (χ1) is 7.47. The Balaban J connectivity index is 2.96. The first-order valence-corrected chi connectivity index (χ1v) is 5.36. The van der Waals surface area contributed by atoms with Crippen LogP contribution in [0.3, 0.4) is 0 Å². The van der Waals surface area contributed by atoms with Crippen molar-refractivity contribution < 1.29 is 9.53 Å². The fraction of sp³-hybridized carbons (Fsp3) is 0.462. The average molecular weight is 221 g/mol. The molecule has 0 aliphatic carbocycles. The van der Waals surface area contributed by atoms with Crippen molar-refractivity contribution in [2.24, 2.45) is 5.73 Å². The predicted octanol–water partition coefficient (Wildman–Crippen LogP) is 2.17. The van der Waals surface area contributed by atoms with Gasteiger partial charge in [-0.15, -0.1) is 0 Å². The summed E-state index contributed by atoms with van der Waals surface area (Å²) in [5.41, 5.74) is 10.7. The van der Waals surface area contributed by atoms with Gasteiger partial charge in [0.05, 0.1) is 13.5 Å². The number of ether oxygens (including phenoxy) is 1. The molecular weight excluding hydrogens is 202 g/mol. The van der Waals surface area contributed by atoms with Crippen LogP contribution >= 0.6 is 0 Å². The monoisotopic (exact) mass is 221 g/mol. The number of rotatable bonds is 3. The van der Waals surface area contributed by atoms with Crippen molar-refractivity contribution in [3.05, 3.63) is 34.4 Å². The summed E-state index contributed by atoms with van der Waals surface area (Å²) in [6.45, 7) is 6.17. The Kier molecular flexibility index (Phi) is 4.07. The fourth-order valence-corrected chi connectivity index (χ4v) is 1.75. The molecule has 0 aliphatic rings. The summed E-state index contributed by atoms with van der Waals surface area (Å²) in [6.07, 6.45) is 0.222. The third kappa shape index (κ3) is 2.61. The maximum atomic E-state index is 11.2. The van der Waals surface area contributed by atoms with Crippen LogP contribution in [0.25, 0.3) is 0 Å². The molecule has 1 aromatic carbocycles. The molecule has 0 radical (unpaired) electrons. The summed E-state index contributed by atoms with van der Waals surface area (Å²) >= 11 is 0. The van der Waals surface area contributed by atoms with Gasteiger partial charge >= 0.3 is 5.97 Å². The van der Waals surface area contributed by atoms with Crippen LogP contribution in [-0.2, 0) is 9.53 Å². The summed E-state index contributed by atoms with van der Waals surface area (Å²) in [6, 6.07) is 3.74. The van der Waals surface area contributed by atoms with Crippen LogP contribution in [0.2, 0.25) is 0 Å². The van der Waals surface area contributed by atoms with Crippen molar-refractivity contribution in [3.8, 4) is 0 Å². The van der Waals surface area contributed by atoms with E-state index in [1.807, 2.05) is 19.1 Å². The summed E-state index contributed by atoms with van der Waals surface area (Å²) < 4.78 is 4.62. The number of hydrogen-bond donors (Lipinski definition) is 1. The number of benzene rings is 1. The third-order valence-corrected chi connectivity index (χ3v) is 3.11. The number of nitrogens with two attached hydrogens (primary N) is 1. The van der Waals surface area contributed by atoms with Gasteiger partial charge in [-0.05, 0) is 43.0 Å². The SMILES string of the molecule is COC(=O)CC(N)c1ccc(C)c(C)c1C. The highest BCUT2D eigenvalue weighted by molar-refractivity contribution is 5.70. The van der Waals surface area contributed by atoms with E-state index in [0.29, 0.717) is 0 Å². The maximum Gasteiger partial charge on any atom is 0.307 e. The van der Waals surface area contributed by atoms with Crippen LogP contribution in [0.4, 0.5) is 0 Å². The van der Waals surface area contributed by atoms with E-state index in [-0.39, 0.29) is 18.4 Å². The second kappa shape index (κ2) is 5.12. The Morgan fingerprint density at radius 3 is 2.50 bits per heavy atom. The van der Waals surface area contributed by atoms with Crippen molar-refractivity contribution in [1.29, 1.82) is 0 Å². The van der Waals surface area contributed by atoms with E-state index >= 15 is 0 Å². The molecule has 2 N–H and O–H groups in total. The van der Waals surface area contributed by atoms with Gasteiger partial charge in [-0.2, -0.15) is 0 Å². The van der Waals surface area contributed by atoms with E-state index in [4.69, 9.17) is 5.73 Å². The lowest BCUT2D eigenvalue weighted by Gasteiger charge is -2.16. The minimum absolute atomic E-state index is 0.222. The lowest BCUT2D eigenvalue weighted by atomic mass is 9.93. The van der Waals surface area contributed by atoms with E-state index in [2.05, 4.69) is 18.6 Å². The molecule has 0 bridgehead atoms. The molecule has 16 heavy (non-hydrogen) atoms. The summed E-state index contributed by atoms with van der Waals surface area (Å²) in [5, 5.41) is 0. The molecule has 1 rings (SSSR count). The minimum Gasteiger partial charge on any atom is -0.469 e. The zero-order chi connectivity index (χ0) is 12.3. The van der Waals surface area contributed by atoms with Gasteiger partial charge in [0.2, 0.25) is 0 Å². The molecule has 0 aliphatic heterocycles. The Morgan fingerprint density at radius 1 is 1.31 bits per heavy atom. The Morgan fingerprint density at radius 2 is 1.94 bits per heavy atom. The van der Waals surface area contributed by atoms with Crippen LogP contribution in [0.5, 0.6) is 0 Å². The van der Waals surface area contributed by atoms with Gasteiger partial charge < -0.3 is 10.5 Å². The van der Waals surface area contributed by atoms with E-state index in [9.17, 15) is 4.79 Å². The highest BCUT2D eigenvalue weighted by atomic mass is 16.5. The highest BCUT2D eigenvalue weighted by Gasteiger charge is 2.15. The van der Waals surface area contributed by atoms with E-state index in [1.54, 1.807) is 0 Å². The van der Waals surface area contributed by atoms with Gasteiger partial charge in [0, 0.05) is 6.04 Å². The van der Waals surface area contributed by atoms with E-state index < -0.39 is 0 Å². The van der Waals surface area contributed by atoms with E-state index in [0.717, 1.165) is 11.1 Å². The van der Waals surface area contributed by atoms with Gasteiger partial charge in [0.1, 0.15) is 0 Å². The van der Waals surface area contributed by atoms with Gasteiger partial charge in [0.25, 0.3) is 0 Å². The quantitative estimate of drug-likeness (QED) is 0.796. The zero-order valence-corrected chi connectivity index (χ0v) is 10.3. The minimum atomic E-state index is -0.285. The van der Waals surface area contributed by atoms with Gasteiger partial charge in [-0.1, -0.05) is 12.1 Å². The third-order valence-electron chi connectivity index (χ3n) is 3.11. The second-order valence-electron chi connectivity index (χ2n) is 4.11. The highest BCUT2D eigenvalue weighted by Crippen LogP contribution is 2.23. The Hall–Kier alpha value is -1.35. The first kappa shape index (κ1) is 12.7. The fourth-order valence-electron chi connectivity index (χ4n) is 1.75. The number of aryl methyl sites for hydroxylation is 1. The van der Waals surface area contributed by atoms with Crippen LogP contribution < -0.4 is 5.73 Å². The van der Waals surface area contributed by atoms with E-state index in [1.165, 1.54) is 18.2 Å². The van der Waals surface area contributed by atoms with Crippen molar-refractivity contribution in [1.82, 2.24) is 0 Å². The molecule has 3 nitrogen and oxygen atoms in total. The molecule has 0 aromatic heterocycles. The topological polar surface area (TPSA) is 52.3 Å². The molecular formula is C13H19NO2. The first-order valence-electron chi connectivity index (χ1n) is 5.36. The smallest absolute Gasteiger partial charge is 0.307 e. The summed E-state index contributed by atoms with van der Waals surface area (Å²) in [5.74, 6) is -0.273. The number of esters is 1. The molecule has 0 heterocycles. The molecule has 0 fully saturated rings. The largest absolute Gasteiger partial charge is 0.469 e. The van der Waals surface area contributed by atoms with Crippen LogP contribution in [0.1, 0.15) is 34.7 Å². The van der Waals surface area contributed by atoms with Gasteiger partial charge in [-0.25, -0.2) is 0 Å². The standard InChI is InChI=1S/C13H19NO2/c1-8-5-6-11(10(3)9(8)2)12(14)7-13(15)16-4/h5-6,12H,7,14H2,1-4H3. The van der Waals surface area contributed by atoms with Crippen molar-refractivity contribution in [2.75, 3.05) is 7.11 Å². The molecule has 0 spiro atoms. The summed E-state index contributed by atoms with van der Waals surface area (Å²) in [7, 11) is 1.38. The van der Waals surface area contributed by atoms with Crippen LogP contribution in [-0.4, -0.2) is 13.1 Å². The van der Waals surface area contributed by atoms with Crippen LogP contribution in [0.15, 0.2) is 12.1 Å². The van der Waals surface area contributed by atoms with Crippen molar-refractivity contribution >= 4 is 5.97 Å². The van der Waals surface area contributed by atoms with Crippen LogP contribution in [0, 0.1) is 20.8 Å². The summed E-state index contributed by atoms with van der Waals surface area (Å²) in [4.78, 5) is 11.2. The number of hydrogen-bond acceptors (Lipinski definition) is 3. The molecule has 0 amide bonds.